The SMILES string of the molecule is COc1ccc(-c2cc(=O)c3c(OCc4ccccc4)cccc3o2)cc1OC. The van der Waals surface area contributed by atoms with Crippen LogP contribution in [0.5, 0.6) is 17.2 Å². The lowest BCUT2D eigenvalue weighted by atomic mass is 10.1. The molecule has 146 valence electrons. The van der Waals surface area contributed by atoms with Gasteiger partial charge in [-0.1, -0.05) is 36.4 Å². The molecule has 0 atom stereocenters. The first-order valence-electron chi connectivity index (χ1n) is 9.15. The Morgan fingerprint density at radius 3 is 2.34 bits per heavy atom. The van der Waals surface area contributed by atoms with Gasteiger partial charge in [0, 0.05) is 11.6 Å². The molecule has 0 saturated heterocycles. The normalized spacial score (nSPS) is 10.7. The average molecular weight is 388 g/mol. The molecule has 0 bridgehead atoms. The Labute approximate surface area is 168 Å². The first-order chi connectivity index (χ1) is 14.2. The summed E-state index contributed by atoms with van der Waals surface area (Å²) in [7, 11) is 3.14. The maximum atomic E-state index is 12.9. The minimum atomic E-state index is -0.167. The largest absolute Gasteiger partial charge is 0.493 e. The van der Waals surface area contributed by atoms with Crippen molar-refractivity contribution in [3.63, 3.8) is 0 Å². The topological polar surface area (TPSA) is 57.9 Å². The molecule has 4 rings (SSSR count). The Balaban J connectivity index is 1.72. The van der Waals surface area contributed by atoms with Gasteiger partial charge in [-0.15, -0.1) is 0 Å². The lowest BCUT2D eigenvalue weighted by Crippen LogP contribution is -2.04. The Bertz CT molecular complexity index is 1200. The summed E-state index contributed by atoms with van der Waals surface area (Å²) < 4.78 is 22.5. The lowest BCUT2D eigenvalue weighted by molar-refractivity contribution is 0.309. The Morgan fingerprint density at radius 1 is 0.793 bits per heavy atom. The van der Waals surface area contributed by atoms with Crippen molar-refractivity contribution in [1.29, 1.82) is 0 Å². The van der Waals surface area contributed by atoms with E-state index in [4.69, 9.17) is 18.6 Å². The summed E-state index contributed by atoms with van der Waals surface area (Å²) in [5.41, 5.74) is 2.04. The Hall–Kier alpha value is -3.73. The zero-order valence-electron chi connectivity index (χ0n) is 16.2. The molecular formula is C24H20O5. The molecule has 0 amide bonds. The van der Waals surface area contributed by atoms with Crippen molar-refractivity contribution in [3.8, 4) is 28.6 Å². The van der Waals surface area contributed by atoms with Crippen LogP contribution in [0.1, 0.15) is 5.56 Å². The number of ether oxygens (including phenoxy) is 3. The quantitative estimate of drug-likeness (QED) is 0.462. The third-order valence-corrected chi connectivity index (χ3v) is 4.62. The van der Waals surface area contributed by atoms with Crippen molar-refractivity contribution in [2.75, 3.05) is 14.2 Å². The first-order valence-corrected chi connectivity index (χ1v) is 9.15. The van der Waals surface area contributed by atoms with Crippen molar-refractivity contribution >= 4 is 11.0 Å². The highest BCUT2D eigenvalue weighted by Crippen LogP contribution is 2.33. The monoisotopic (exact) mass is 388 g/mol. The maximum Gasteiger partial charge on any atom is 0.197 e. The standard InChI is InChI=1S/C24H20O5/c1-26-19-12-11-17(13-23(19)27-2)22-14-18(25)24-20(9-6-10-21(24)29-22)28-15-16-7-4-3-5-8-16/h3-14H,15H2,1-2H3. The third-order valence-electron chi connectivity index (χ3n) is 4.62. The highest BCUT2D eigenvalue weighted by Gasteiger charge is 2.13. The van der Waals surface area contributed by atoms with Crippen molar-refractivity contribution in [2.45, 2.75) is 6.61 Å². The van der Waals surface area contributed by atoms with Gasteiger partial charge in [-0.25, -0.2) is 0 Å². The summed E-state index contributed by atoms with van der Waals surface area (Å²) in [6, 6.07) is 22.0. The molecule has 0 aliphatic carbocycles. The fraction of sp³-hybridized carbons (Fsp3) is 0.125. The predicted octanol–water partition coefficient (Wildman–Crippen LogP) is 5.06. The number of hydrogen-bond acceptors (Lipinski definition) is 5. The van der Waals surface area contributed by atoms with Crippen LogP contribution in [0.15, 0.2) is 82.0 Å². The van der Waals surface area contributed by atoms with E-state index in [-0.39, 0.29) is 5.43 Å². The third kappa shape index (κ3) is 3.80. The molecule has 0 spiro atoms. The van der Waals surface area contributed by atoms with E-state index in [0.29, 0.717) is 40.6 Å². The number of hydrogen-bond donors (Lipinski definition) is 0. The summed E-state index contributed by atoms with van der Waals surface area (Å²) in [6.45, 7) is 0.372. The van der Waals surface area contributed by atoms with E-state index in [1.807, 2.05) is 42.5 Å². The molecule has 0 radical (unpaired) electrons. The highest BCUT2D eigenvalue weighted by molar-refractivity contribution is 5.85. The molecule has 0 unspecified atom stereocenters. The minimum absolute atomic E-state index is 0.167. The Morgan fingerprint density at radius 2 is 1.59 bits per heavy atom. The molecule has 3 aromatic carbocycles. The van der Waals surface area contributed by atoms with Crippen LogP contribution in [0.2, 0.25) is 0 Å². The molecule has 1 aromatic heterocycles. The molecular weight excluding hydrogens is 368 g/mol. The van der Waals surface area contributed by atoms with Gasteiger partial charge < -0.3 is 18.6 Å². The number of rotatable bonds is 6. The van der Waals surface area contributed by atoms with Gasteiger partial charge in [-0.3, -0.25) is 4.79 Å². The molecule has 0 aliphatic rings. The van der Waals surface area contributed by atoms with Crippen LogP contribution in [0.3, 0.4) is 0 Å². The van der Waals surface area contributed by atoms with Crippen LogP contribution in [-0.4, -0.2) is 14.2 Å². The fourth-order valence-corrected chi connectivity index (χ4v) is 3.17. The van der Waals surface area contributed by atoms with Crippen LogP contribution >= 0.6 is 0 Å². The zero-order chi connectivity index (χ0) is 20.2. The van der Waals surface area contributed by atoms with Gasteiger partial charge in [-0.2, -0.15) is 0 Å². The van der Waals surface area contributed by atoms with E-state index in [1.54, 1.807) is 38.5 Å². The maximum absolute atomic E-state index is 12.9. The van der Waals surface area contributed by atoms with Crippen molar-refractivity contribution in [2.24, 2.45) is 0 Å². The second-order valence-corrected chi connectivity index (χ2v) is 6.45. The molecule has 0 N–H and O–H groups in total. The van der Waals surface area contributed by atoms with Crippen LogP contribution < -0.4 is 19.6 Å². The lowest BCUT2D eigenvalue weighted by Gasteiger charge is -2.11. The molecule has 0 aliphatic heterocycles. The Kier molecular flexibility index (Phi) is 5.20. The van der Waals surface area contributed by atoms with E-state index in [0.717, 1.165) is 11.1 Å². The highest BCUT2D eigenvalue weighted by atomic mass is 16.5. The van der Waals surface area contributed by atoms with Crippen LogP contribution in [0.4, 0.5) is 0 Å². The summed E-state index contributed by atoms with van der Waals surface area (Å²) in [6.07, 6.45) is 0. The van der Waals surface area contributed by atoms with Gasteiger partial charge in [0.1, 0.15) is 29.1 Å². The van der Waals surface area contributed by atoms with Gasteiger partial charge >= 0.3 is 0 Å². The first kappa shape index (κ1) is 18.6. The van der Waals surface area contributed by atoms with Gasteiger partial charge in [0.05, 0.1) is 14.2 Å². The zero-order valence-corrected chi connectivity index (χ0v) is 16.2. The predicted molar refractivity (Wildman–Crippen MR) is 112 cm³/mol. The number of methoxy groups -OCH3 is 2. The van der Waals surface area contributed by atoms with Crippen molar-refractivity contribution < 1.29 is 18.6 Å². The molecule has 5 heteroatoms. The van der Waals surface area contributed by atoms with E-state index < -0.39 is 0 Å². The molecule has 0 fully saturated rings. The van der Waals surface area contributed by atoms with E-state index in [9.17, 15) is 4.79 Å². The number of fused-ring (bicyclic) bond motifs is 1. The second-order valence-electron chi connectivity index (χ2n) is 6.45. The number of benzene rings is 3. The average Bonchev–Trinajstić information content (AvgIpc) is 2.77. The summed E-state index contributed by atoms with van der Waals surface area (Å²) >= 11 is 0. The van der Waals surface area contributed by atoms with Gasteiger partial charge in [0.2, 0.25) is 0 Å². The van der Waals surface area contributed by atoms with Crippen LogP contribution in [-0.2, 0) is 6.61 Å². The molecule has 4 aromatic rings. The molecule has 1 heterocycles. The summed E-state index contributed by atoms with van der Waals surface area (Å²) in [4.78, 5) is 12.9. The van der Waals surface area contributed by atoms with Gasteiger partial charge in [-0.05, 0) is 35.9 Å². The van der Waals surface area contributed by atoms with E-state index in [2.05, 4.69) is 0 Å². The van der Waals surface area contributed by atoms with E-state index in [1.165, 1.54) is 6.07 Å². The fourth-order valence-electron chi connectivity index (χ4n) is 3.17. The molecule has 0 saturated carbocycles. The van der Waals surface area contributed by atoms with Crippen LogP contribution in [0.25, 0.3) is 22.3 Å². The van der Waals surface area contributed by atoms with Crippen molar-refractivity contribution in [1.82, 2.24) is 0 Å². The van der Waals surface area contributed by atoms with Gasteiger partial charge in [0.25, 0.3) is 0 Å². The smallest absolute Gasteiger partial charge is 0.197 e. The van der Waals surface area contributed by atoms with Gasteiger partial charge in [0.15, 0.2) is 16.9 Å². The summed E-state index contributed by atoms with van der Waals surface area (Å²) in [5, 5.41) is 0.424. The van der Waals surface area contributed by atoms with Crippen LogP contribution in [0, 0.1) is 0 Å². The second kappa shape index (κ2) is 8.10. The van der Waals surface area contributed by atoms with Crippen molar-refractivity contribution in [3.05, 3.63) is 88.6 Å². The van der Waals surface area contributed by atoms with E-state index >= 15 is 0 Å². The summed E-state index contributed by atoms with van der Waals surface area (Å²) in [5.74, 6) is 2.12. The molecule has 29 heavy (non-hydrogen) atoms. The minimum Gasteiger partial charge on any atom is -0.493 e. The molecule has 5 nitrogen and oxygen atoms in total.